The third-order valence-electron chi connectivity index (χ3n) is 4.20. The molecule has 1 atom stereocenters. The summed E-state index contributed by atoms with van der Waals surface area (Å²) in [5, 5.41) is 7.72. The Morgan fingerprint density at radius 1 is 1.33 bits per heavy atom. The molecule has 2 rings (SSSR count). The van der Waals surface area contributed by atoms with Crippen LogP contribution in [0.3, 0.4) is 0 Å². The van der Waals surface area contributed by atoms with Crippen LogP contribution in [0.4, 0.5) is 0 Å². The Labute approximate surface area is 127 Å². The second-order valence-corrected chi connectivity index (χ2v) is 5.86. The van der Waals surface area contributed by atoms with Gasteiger partial charge in [-0.15, -0.1) is 0 Å². The molecule has 0 saturated heterocycles. The highest BCUT2D eigenvalue weighted by Crippen LogP contribution is 2.29. The molecule has 1 fully saturated rings. The second-order valence-electron chi connectivity index (χ2n) is 5.86. The van der Waals surface area contributed by atoms with Gasteiger partial charge in [0, 0.05) is 25.5 Å². The van der Waals surface area contributed by atoms with Crippen molar-refractivity contribution in [2.24, 2.45) is 5.92 Å². The molecule has 5 heteroatoms. The lowest BCUT2D eigenvalue weighted by Gasteiger charge is -2.23. The van der Waals surface area contributed by atoms with Crippen LogP contribution < -0.4 is 5.32 Å². The molecule has 0 radical (unpaired) electrons. The lowest BCUT2D eigenvalue weighted by Crippen LogP contribution is -2.37. The molecule has 1 saturated carbocycles. The maximum atomic E-state index is 5.41. The van der Waals surface area contributed by atoms with Crippen molar-refractivity contribution in [1.29, 1.82) is 0 Å². The van der Waals surface area contributed by atoms with E-state index in [1.807, 2.05) is 6.92 Å². The molecule has 0 aromatic carbocycles. The van der Waals surface area contributed by atoms with E-state index in [2.05, 4.69) is 22.4 Å². The SMILES string of the molecule is CCCNC(Cc1nc(CCOCC)no1)C1CCCC1. The first-order valence-electron chi connectivity index (χ1n) is 8.46. The van der Waals surface area contributed by atoms with Crippen molar-refractivity contribution in [2.45, 2.75) is 64.8 Å². The third kappa shape index (κ3) is 5.40. The lowest BCUT2D eigenvalue weighted by atomic mass is 9.95. The summed E-state index contributed by atoms with van der Waals surface area (Å²) in [7, 11) is 0. The first kappa shape index (κ1) is 16.4. The Morgan fingerprint density at radius 3 is 2.86 bits per heavy atom. The summed E-state index contributed by atoms with van der Waals surface area (Å²) in [6.07, 6.45) is 8.11. The number of hydrogen-bond acceptors (Lipinski definition) is 5. The first-order valence-corrected chi connectivity index (χ1v) is 8.46. The number of ether oxygens (including phenoxy) is 1. The molecule has 1 aromatic rings. The molecule has 0 spiro atoms. The summed E-state index contributed by atoms with van der Waals surface area (Å²) < 4.78 is 10.7. The average molecular weight is 295 g/mol. The predicted molar refractivity (Wildman–Crippen MR) is 82.2 cm³/mol. The zero-order valence-electron chi connectivity index (χ0n) is 13.4. The zero-order valence-corrected chi connectivity index (χ0v) is 13.4. The van der Waals surface area contributed by atoms with Gasteiger partial charge in [-0.1, -0.05) is 24.9 Å². The molecule has 1 N–H and O–H groups in total. The topological polar surface area (TPSA) is 60.2 Å². The van der Waals surface area contributed by atoms with Gasteiger partial charge in [0.25, 0.3) is 0 Å². The van der Waals surface area contributed by atoms with Crippen LogP contribution in [0.5, 0.6) is 0 Å². The molecule has 21 heavy (non-hydrogen) atoms. The van der Waals surface area contributed by atoms with E-state index in [1.165, 1.54) is 25.7 Å². The van der Waals surface area contributed by atoms with Crippen LogP contribution >= 0.6 is 0 Å². The van der Waals surface area contributed by atoms with Gasteiger partial charge in [-0.2, -0.15) is 4.98 Å². The van der Waals surface area contributed by atoms with Gasteiger partial charge in [-0.3, -0.25) is 0 Å². The van der Waals surface area contributed by atoms with Crippen LogP contribution in [-0.2, 0) is 17.6 Å². The zero-order chi connectivity index (χ0) is 14.9. The Hall–Kier alpha value is -0.940. The Bertz CT molecular complexity index is 389. The summed E-state index contributed by atoms with van der Waals surface area (Å²) in [5.74, 6) is 2.29. The molecule has 1 aliphatic rings. The van der Waals surface area contributed by atoms with E-state index in [1.54, 1.807) is 0 Å². The molecular weight excluding hydrogens is 266 g/mol. The second kappa shape index (κ2) is 9.15. The molecular formula is C16H29N3O2. The molecule has 5 nitrogen and oxygen atoms in total. The molecule has 0 amide bonds. The molecule has 0 aliphatic heterocycles. The molecule has 120 valence electrons. The van der Waals surface area contributed by atoms with E-state index in [0.29, 0.717) is 12.6 Å². The van der Waals surface area contributed by atoms with Gasteiger partial charge in [0.05, 0.1) is 6.61 Å². The van der Waals surface area contributed by atoms with E-state index in [9.17, 15) is 0 Å². The largest absolute Gasteiger partial charge is 0.381 e. The van der Waals surface area contributed by atoms with Crippen LogP contribution in [-0.4, -0.2) is 35.9 Å². The van der Waals surface area contributed by atoms with E-state index in [0.717, 1.165) is 50.0 Å². The summed E-state index contributed by atoms with van der Waals surface area (Å²) in [4.78, 5) is 4.50. The van der Waals surface area contributed by atoms with Gasteiger partial charge >= 0.3 is 0 Å². The monoisotopic (exact) mass is 295 g/mol. The normalized spacial score (nSPS) is 17.4. The van der Waals surface area contributed by atoms with E-state index in [4.69, 9.17) is 9.26 Å². The fourth-order valence-electron chi connectivity index (χ4n) is 3.07. The van der Waals surface area contributed by atoms with Gasteiger partial charge in [0.2, 0.25) is 5.89 Å². The van der Waals surface area contributed by atoms with E-state index < -0.39 is 0 Å². The lowest BCUT2D eigenvalue weighted by molar-refractivity contribution is 0.149. The highest BCUT2D eigenvalue weighted by Gasteiger charge is 2.26. The van der Waals surface area contributed by atoms with Gasteiger partial charge in [0.1, 0.15) is 0 Å². The minimum absolute atomic E-state index is 0.479. The highest BCUT2D eigenvalue weighted by atomic mass is 16.5. The van der Waals surface area contributed by atoms with Crippen molar-refractivity contribution in [3.05, 3.63) is 11.7 Å². The van der Waals surface area contributed by atoms with Crippen molar-refractivity contribution in [3.63, 3.8) is 0 Å². The van der Waals surface area contributed by atoms with E-state index >= 15 is 0 Å². The van der Waals surface area contributed by atoms with Crippen LogP contribution in [0.25, 0.3) is 0 Å². The summed E-state index contributed by atoms with van der Waals surface area (Å²) in [6.45, 7) is 6.65. The Kier molecular flexibility index (Phi) is 7.16. The van der Waals surface area contributed by atoms with Gasteiger partial charge in [-0.05, 0) is 38.6 Å². The van der Waals surface area contributed by atoms with Gasteiger partial charge in [-0.25, -0.2) is 0 Å². The third-order valence-corrected chi connectivity index (χ3v) is 4.20. The van der Waals surface area contributed by atoms with Crippen LogP contribution in [0.15, 0.2) is 4.52 Å². The first-order chi connectivity index (χ1) is 10.3. The highest BCUT2D eigenvalue weighted by molar-refractivity contribution is 4.93. The molecule has 1 unspecified atom stereocenters. The average Bonchev–Trinajstić information content (AvgIpc) is 3.15. The van der Waals surface area contributed by atoms with Crippen molar-refractivity contribution in [2.75, 3.05) is 19.8 Å². The van der Waals surface area contributed by atoms with Gasteiger partial charge < -0.3 is 14.6 Å². The predicted octanol–water partition coefficient (Wildman–Crippen LogP) is 2.75. The number of rotatable bonds is 10. The Balaban J connectivity index is 1.86. The minimum atomic E-state index is 0.479. The number of nitrogens with zero attached hydrogens (tertiary/aromatic N) is 2. The Morgan fingerprint density at radius 2 is 2.14 bits per heavy atom. The van der Waals surface area contributed by atoms with Crippen molar-refractivity contribution >= 4 is 0 Å². The quantitative estimate of drug-likeness (QED) is 0.673. The van der Waals surface area contributed by atoms with E-state index in [-0.39, 0.29) is 0 Å². The van der Waals surface area contributed by atoms with Crippen LogP contribution in [0.2, 0.25) is 0 Å². The fourth-order valence-corrected chi connectivity index (χ4v) is 3.07. The number of hydrogen-bond donors (Lipinski definition) is 1. The molecule has 0 bridgehead atoms. The fraction of sp³-hybridized carbons (Fsp3) is 0.875. The smallest absolute Gasteiger partial charge is 0.228 e. The summed E-state index contributed by atoms with van der Waals surface area (Å²) in [6, 6.07) is 0.479. The standard InChI is InChI=1S/C16H29N3O2/c1-3-10-17-14(13-7-5-6-8-13)12-16-18-15(19-21-16)9-11-20-4-2/h13-14,17H,3-12H2,1-2H3. The molecule has 1 aliphatic carbocycles. The molecule has 1 heterocycles. The summed E-state index contributed by atoms with van der Waals surface area (Å²) in [5.41, 5.74) is 0. The molecule has 1 aromatic heterocycles. The van der Waals surface area contributed by atoms with Crippen LogP contribution in [0, 0.1) is 5.92 Å². The number of aromatic nitrogens is 2. The van der Waals surface area contributed by atoms with Crippen LogP contribution in [0.1, 0.15) is 57.7 Å². The van der Waals surface area contributed by atoms with Gasteiger partial charge in [0.15, 0.2) is 5.82 Å². The van der Waals surface area contributed by atoms with Crippen molar-refractivity contribution in [1.82, 2.24) is 15.5 Å². The maximum Gasteiger partial charge on any atom is 0.228 e. The minimum Gasteiger partial charge on any atom is -0.381 e. The van der Waals surface area contributed by atoms with Crippen molar-refractivity contribution in [3.8, 4) is 0 Å². The van der Waals surface area contributed by atoms with Crippen molar-refractivity contribution < 1.29 is 9.26 Å². The maximum absolute atomic E-state index is 5.41. The number of nitrogens with one attached hydrogen (secondary N) is 1. The summed E-state index contributed by atoms with van der Waals surface area (Å²) >= 11 is 0.